The molecular formula is C17H26N2O2. The molecule has 1 aromatic carbocycles. The first-order valence-electron chi connectivity index (χ1n) is 8.03. The van der Waals surface area contributed by atoms with Gasteiger partial charge in [0.15, 0.2) is 0 Å². The van der Waals surface area contributed by atoms with Crippen molar-refractivity contribution in [2.75, 3.05) is 39.9 Å². The molecule has 1 aromatic rings. The second-order valence-corrected chi connectivity index (χ2v) is 6.25. The summed E-state index contributed by atoms with van der Waals surface area (Å²) in [5.74, 6) is 1.82. The summed E-state index contributed by atoms with van der Waals surface area (Å²) < 4.78 is 11.7. The van der Waals surface area contributed by atoms with Crippen molar-refractivity contribution < 1.29 is 9.47 Å². The molecule has 21 heavy (non-hydrogen) atoms. The van der Waals surface area contributed by atoms with Crippen molar-refractivity contribution in [3.8, 4) is 5.75 Å². The SMILES string of the molecule is CN1CCO[C@@H](CNCc2ccccc2OCC2CC2)C1. The number of nitrogens with zero attached hydrogens (tertiary/aromatic N) is 1. The summed E-state index contributed by atoms with van der Waals surface area (Å²) in [4.78, 5) is 2.32. The third-order valence-electron chi connectivity index (χ3n) is 4.17. The van der Waals surface area contributed by atoms with E-state index in [-0.39, 0.29) is 0 Å². The number of morpholine rings is 1. The molecule has 1 heterocycles. The van der Waals surface area contributed by atoms with Crippen LogP contribution in [0, 0.1) is 5.92 Å². The number of rotatable bonds is 7. The highest BCUT2D eigenvalue weighted by Gasteiger charge is 2.22. The van der Waals surface area contributed by atoms with Crippen molar-refractivity contribution in [2.24, 2.45) is 5.92 Å². The van der Waals surface area contributed by atoms with E-state index >= 15 is 0 Å². The van der Waals surface area contributed by atoms with Crippen molar-refractivity contribution in [1.82, 2.24) is 10.2 Å². The lowest BCUT2D eigenvalue weighted by molar-refractivity contribution is -0.0182. The average Bonchev–Trinajstić information content (AvgIpc) is 3.31. The van der Waals surface area contributed by atoms with Crippen molar-refractivity contribution >= 4 is 0 Å². The quantitative estimate of drug-likeness (QED) is 0.831. The smallest absolute Gasteiger partial charge is 0.123 e. The molecule has 1 atom stereocenters. The average molecular weight is 290 g/mol. The fourth-order valence-electron chi connectivity index (χ4n) is 2.64. The lowest BCUT2D eigenvalue weighted by atomic mass is 10.2. The van der Waals surface area contributed by atoms with Gasteiger partial charge in [-0.3, -0.25) is 0 Å². The van der Waals surface area contributed by atoms with Crippen LogP contribution in [-0.2, 0) is 11.3 Å². The summed E-state index contributed by atoms with van der Waals surface area (Å²) in [6.45, 7) is 5.48. The molecule has 0 aromatic heterocycles. The molecular weight excluding hydrogens is 264 g/mol. The zero-order chi connectivity index (χ0) is 14.5. The Bertz CT molecular complexity index is 448. The predicted molar refractivity (Wildman–Crippen MR) is 83.6 cm³/mol. The largest absolute Gasteiger partial charge is 0.493 e. The maximum absolute atomic E-state index is 5.94. The van der Waals surface area contributed by atoms with Gasteiger partial charge in [0, 0.05) is 31.7 Å². The molecule has 1 N–H and O–H groups in total. The second-order valence-electron chi connectivity index (χ2n) is 6.25. The van der Waals surface area contributed by atoms with Crippen LogP contribution in [0.1, 0.15) is 18.4 Å². The molecule has 4 nitrogen and oxygen atoms in total. The van der Waals surface area contributed by atoms with Gasteiger partial charge in [-0.15, -0.1) is 0 Å². The highest BCUT2D eigenvalue weighted by atomic mass is 16.5. The Morgan fingerprint density at radius 2 is 2.19 bits per heavy atom. The van der Waals surface area contributed by atoms with E-state index in [0.29, 0.717) is 6.10 Å². The Hall–Kier alpha value is -1.10. The van der Waals surface area contributed by atoms with Crippen LogP contribution >= 0.6 is 0 Å². The number of nitrogens with one attached hydrogen (secondary N) is 1. The number of hydrogen-bond acceptors (Lipinski definition) is 4. The topological polar surface area (TPSA) is 33.7 Å². The Labute approximate surface area is 127 Å². The molecule has 1 aliphatic heterocycles. The molecule has 0 unspecified atom stereocenters. The van der Waals surface area contributed by atoms with E-state index in [9.17, 15) is 0 Å². The Kier molecular flexibility index (Phi) is 5.12. The number of hydrogen-bond donors (Lipinski definition) is 1. The van der Waals surface area contributed by atoms with Crippen molar-refractivity contribution in [1.29, 1.82) is 0 Å². The molecule has 2 fully saturated rings. The molecule has 0 radical (unpaired) electrons. The van der Waals surface area contributed by atoms with Gasteiger partial charge in [0.25, 0.3) is 0 Å². The fraction of sp³-hybridized carbons (Fsp3) is 0.647. The molecule has 4 heteroatoms. The van der Waals surface area contributed by atoms with E-state index in [2.05, 4.69) is 35.5 Å². The summed E-state index contributed by atoms with van der Waals surface area (Å²) in [5.41, 5.74) is 1.24. The van der Waals surface area contributed by atoms with Crippen LogP contribution in [0.15, 0.2) is 24.3 Å². The van der Waals surface area contributed by atoms with E-state index < -0.39 is 0 Å². The first kappa shape index (κ1) is 14.8. The highest BCUT2D eigenvalue weighted by molar-refractivity contribution is 5.33. The summed E-state index contributed by atoms with van der Waals surface area (Å²) in [6.07, 6.45) is 2.95. The van der Waals surface area contributed by atoms with Crippen LogP contribution in [0.2, 0.25) is 0 Å². The van der Waals surface area contributed by atoms with Crippen LogP contribution in [-0.4, -0.2) is 50.9 Å². The van der Waals surface area contributed by atoms with Crippen LogP contribution in [0.25, 0.3) is 0 Å². The summed E-state index contributed by atoms with van der Waals surface area (Å²) in [5, 5.41) is 3.50. The molecule has 116 valence electrons. The van der Waals surface area contributed by atoms with Gasteiger partial charge in [0.05, 0.1) is 19.3 Å². The van der Waals surface area contributed by atoms with Crippen molar-refractivity contribution in [2.45, 2.75) is 25.5 Å². The first-order chi connectivity index (χ1) is 10.3. The molecule has 0 amide bonds. The molecule has 3 rings (SSSR count). The molecule has 0 bridgehead atoms. The maximum atomic E-state index is 5.94. The molecule has 2 aliphatic rings. The van der Waals surface area contributed by atoms with Crippen molar-refractivity contribution in [3.05, 3.63) is 29.8 Å². The first-order valence-corrected chi connectivity index (χ1v) is 8.03. The number of ether oxygens (including phenoxy) is 2. The summed E-state index contributed by atoms with van der Waals surface area (Å²) in [7, 11) is 2.15. The van der Waals surface area contributed by atoms with Gasteiger partial charge in [0.2, 0.25) is 0 Å². The van der Waals surface area contributed by atoms with Gasteiger partial charge < -0.3 is 19.7 Å². The van der Waals surface area contributed by atoms with Crippen LogP contribution in [0.5, 0.6) is 5.75 Å². The van der Waals surface area contributed by atoms with Crippen molar-refractivity contribution in [3.63, 3.8) is 0 Å². The summed E-state index contributed by atoms with van der Waals surface area (Å²) in [6, 6.07) is 8.34. The Morgan fingerprint density at radius 3 is 3.00 bits per heavy atom. The Morgan fingerprint density at radius 1 is 1.33 bits per heavy atom. The Balaban J connectivity index is 1.45. The minimum atomic E-state index is 0.295. The van der Waals surface area contributed by atoms with E-state index in [1.54, 1.807) is 0 Å². The molecule has 1 saturated carbocycles. The molecule has 1 saturated heterocycles. The van der Waals surface area contributed by atoms with E-state index in [1.807, 2.05) is 6.07 Å². The van der Waals surface area contributed by atoms with E-state index in [1.165, 1.54) is 18.4 Å². The predicted octanol–water partition coefficient (Wildman–Crippen LogP) is 1.90. The van der Waals surface area contributed by atoms with E-state index in [4.69, 9.17) is 9.47 Å². The van der Waals surface area contributed by atoms with Gasteiger partial charge >= 0.3 is 0 Å². The third-order valence-corrected chi connectivity index (χ3v) is 4.17. The zero-order valence-corrected chi connectivity index (χ0v) is 12.9. The normalized spacial score (nSPS) is 23.2. The minimum Gasteiger partial charge on any atom is -0.493 e. The molecule has 1 aliphatic carbocycles. The lowest BCUT2D eigenvalue weighted by Gasteiger charge is -2.30. The number of likely N-dealkylation sites (N-methyl/N-ethyl adjacent to an activating group) is 1. The van der Waals surface area contributed by atoms with Crippen LogP contribution in [0.4, 0.5) is 0 Å². The lowest BCUT2D eigenvalue weighted by Crippen LogP contribution is -2.44. The van der Waals surface area contributed by atoms with Gasteiger partial charge in [-0.1, -0.05) is 18.2 Å². The van der Waals surface area contributed by atoms with Crippen LogP contribution in [0.3, 0.4) is 0 Å². The monoisotopic (exact) mass is 290 g/mol. The fourth-order valence-corrected chi connectivity index (χ4v) is 2.64. The van der Waals surface area contributed by atoms with Crippen LogP contribution < -0.4 is 10.1 Å². The van der Waals surface area contributed by atoms with Gasteiger partial charge in [-0.25, -0.2) is 0 Å². The summed E-state index contributed by atoms with van der Waals surface area (Å²) >= 11 is 0. The minimum absolute atomic E-state index is 0.295. The van der Waals surface area contributed by atoms with E-state index in [0.717, 1.165) is 51.1 Å². The van der Waals surface area contributed by atoms with Gasteiger partial charge in [-0.05, 0) is 31.9 Å². The number of para-hydroxylation sites is 1. The highest BCUT2D eigenvalue weighted by Crippen LogP contribution is 2.30. The third kappa shape index (κ3) is 4.70. The molecule has 0 spiro atoms. The van der Waals surface area contributed by atoms with Gasteiger partial charge in [-0.2, -0.15) is 0 Å². The maximum Gasteiger partial charge on any atom is 0.123 e. The van der Waals surface area contributed by atoms with Gasteiger partial charge in [0.1, 0.15) is 5.75 Å². The number of benzene rings is 1. The zero-order valence-electron chi connectivity index (χ0n) is 12.9. The second kappa shape index (κ2) is 7.25. The standard InChI is InChI=1S/C17H26N2O2/c1-19-8-9-20-16(12-19)11-18-10-15-4-2-3-5-17(15)21-13-14-6-7-14/h2-5,14,16,18H,6-13H2,1H3/t16-/m0/s1.